The molecule has 0 saturated heterocycles. The summed E-state index contributed by atoms with van der Waals surface area (Å²) in [6, 6.07) is 5.22. The minimum absolute atomic E-state index is 0.0664. The third-order valence-corrected chi connectivity index (χ3v) is 8.26. The summed E-state index contributed by atoms with van der Waals surface area (Å²) in [5.41, 5.74) is 8.37. The number of benzene rings is 2. The largest absolute Gasteiger partial charge is 0.508 e. The number of carbonyl (C=O) groups excluding carboxylic acids is 6. The van der Waals surface area contributed by atoms with E-state index in [1.54, 1.807) is 30.3 Å². The van der Waals surface area contributed by atoms with Crippen molar-refractivity contribution in [1.29, 1.82) is 0 Å². The summed E-state index contributed by atoms with van der Waals surface area (Å²) in [7, 11) is 0. The van der Waals surface area contributed by atoms with E-state index in [0.717, 1.165) is 0 Å². The quantitative estimate of drug-likeness (QED) is 0.0259. The fraction of sp³-hybridized carbons (Fsp3) is 0.457. The number of aliphatic hydroxyl groups is 2. The van der Waals surface area contributed by atoms with Crippen LogP contribution in [0.1, 0.15) is 37.3 Å². The van der Waals surface area contributed by atoms with Crippen LogP contribution in [0.2, 0.25) is 0 Å². The summed E-state index contributed by atoms with van der Waals surface area (Å²) >= 11 is 0. The molecular formula is C35H49N9O13. The molecule has 0 fully saturated rings. The van der Waals surface area contributed by atoms with E-state index in [-0.39, 0.29) is 25.0 Å². The lowest BCUT2D eigenvalue weighted by atomic mass is 10.0. The molecule has 0 aliphatic rings. The van der Waals surface area contributed by atoms with E-state index < -0.39 is 102 Å². The number of nitrogens with two attached hydrogens (primary N) is 1. The van der Waals surface area contributed by atoms with E-state index in [1.807, 2.05) is 5.43 Å². The maximum Gasteiger partial charge on any atom is 0.326 e. The molecular weight excluding hydrogens is 754 g/mol. The molecule has 0 spiro atoms. The Morgan fingerprint density at radius 1 is 0.684 bits per heavy atom. The Labute approximate surface area is 326 Å². The molecule has 2 aromatic carbocycles. The second-order valence-corrected chi connectivity index (χ2v) is 12.7. The van der Waals surface area contributed by atoms with Gasteiger partial charge < -0.3 is 58.1 Å². The molecule has 312 valence electrons. The van der Waals surface area contributed by atoms with Crippen molar-refractivity contribution in [3.05, 3.63) is 75.8 Å². The zero-order chi connectivity index (χ0) is 42.5. The van der Waals surface area contributed by atoms with Crippen LogP contribution in [0.3, 0.4) is 0 Å². The van der Waals surface area contributed by atoms with Crippen molar-refractivity contribution in [3.63, 3.8) is 0 Å². The number of hydrazine groups is 1. The number of carboxylic acid groups (broad SMARTS) is 1. The van der Waals surface area contributed by atoms with Gasteiger partial charge in [-0.15, -0.1) is 5.43 Å². The first-order valence-corrected chi connectivity index (χ1v) is 17.7. The molecule has 57 heavy (non-hydrogen) atoms. The molecule has 13 N–H and O–H groups in total. The maximum absolute atomic E-state index is 13.2. The smallest absolute Gasteiger partial charge is 0.326 e. The van der Waals surface area contributed by atoms with Gasteiger partial charge in [-0.25, -0.2) is 14.9 Å². The van der Waals surface area contributed by atoms with Gasteiger partial charge in [0.05, 0.1) is 19.8 Å². The second kappa shape index (κ2) is 24.2. The first kappa shape index (κ1) is 46.8. The Balaban J connectivity index is 1.99. The first-order chi connectivity index (χ1) is 27.1. The molecule has 2 rings (SSSR count). The van der Waals surface area contributed by atoms with Crippen LogP contribution in [0.5, 0.6) is 5.75 Å². The molecule has 0 aromatic heterocycles. The molecule has 0 aliphatic carbocycles. The number of aliphatic carboxylic acids is 1. The van der Waals surface area contributed by atoms with Gasteiger partial charge in [-0.1, -0.05) is 42.5 Å². The predicted octanol–water partition coefficient (Wildman–Crippen LogP) is -3.91. The number of hydrogen-bond acceptors (Lipinski definition) is 13. The molecule has 0 saturated carbocycles. The van der Waals surface area contributed by atoms with Crippen LogP contribution < -0.4 is 43.1 Å². The van der Waals surface area contributed by atoms with Crippen LogP contribution in [-0.4, -0.2) is 129 Å². The summed E-state index contributed by atoms with van der Waals surface area (Å²) in [4.78, 5) is 100. The summed E-state index contributed by atoms with van der Waals surface area (Å²) < 4.78 is 0. The Kier molecular flexibility index (Phi) is 19.8. The van der Waals surface area contributed by atoms with Gasteiger partial charge in [0.2, 0.25) is 35.4 Å². The highest BCUT2D eigenvalue weighted by Crippen LogP contribution is 2.12. The Morgan fingerprint density at radius 3 is 1.79 bits per heavy atom. The van der Waals surface area contributed by atoms with Gasteiger partial charge in [0, 0.05) is 12.8 Å². The van der Waals surface area contributed by atoms with Gasteiger partial charge in [-0.2, -0.15) is 0 Å². The maximum atomic E-state index is 13.2. The monoisotopic (exact) mass is 803 g/mol. The second-order valence-electron chi connectivity index (χ2n) is 12.7. The van der Waals surface area contributed by atoms with Crippen molar-refractivity contribution in [2.45, 2.75) is 75.3 Å². The summed E-state index contributed by atoms with van der Waals surface area (Å²) in [5, 5.41) is 62.5. The zero-order valence-electron chi connectivity index (χ0n) is 31.0. The zero-order valence-corrected chi connectivity index (χ0v) is 31.0. The van der Waals surface area contributed by atoms with Crippen LogP contribution in [0.25, 0.3) is 0 Å². The number of nitrogens with zero attached hydrogens (tertiary/aromatic N) is 1. The fourth-order valence-corrected chi connectivity index (χ4v) is 5.15. The molecule has 0 heterocycles. The summed E-state index contributed by atoms with van der Waals surface area (Å²) in [6.45, 7) is -1.20. The van der Waals surface area contributed by atoms with Crippen LogP contribution in [0.4, 0.5) is 0 Å². The number of hydrogen-bond donors (Lipinski definition) is 12. The molecule has 22 heteroatoms. The highest BCUT2D eigenvalue weighted by molar-refractivity contribution is 5.96. The van der Waals surface area contributed by atoms with E-state index in [4.69, 9.17) is 5.73 Å². The van der Waals surface area contributed by atoms with Crippen molar-refractivity contribution in [2.24, 2.45) is 5.73 Å². The Morgan fingerprint density at radius 2 is 1.21 bits per heavy atom. The minimum atomic E-state index is -1.64. The molecule has 0 radical (unpaired) electrons. The number of phenolic OH excluding ortho intramolecular Hbond substituents is 1. The number of carboxylic acids is 1. The molecule has 6 atom stereocenters. The SMILES string of the molecule is C[C@H](NC(=O)[C@H](Cc1ccc(O)cc1)N[N+](=O)[O-])C(=O)N[C@@H](CO)C(=O)NCC(=O)N[C@@H](CO)C(=O)N[C@@H](Cc1ccccc1)C(=O)N[C@@H](CCCCN)C(=O)O. The van der Waals surface area contributed by atoms with Crippen LogP contribution in [0.15, 0.2) is 54.6 Å². The van der Waals surface area contributed by atoms with Crippen molar-refractivity contribution in [3.8, 4) is 5.75 Å². The molecule has 6 amide bonds. The van der Waals surface area contributed by atoms with E-state index in [1.165, 1.54) is 31.2 Å². The molecule has 0 unspecified atom stereocenters. The average Bonchev–Trinajstić information content (AvgIpc) is 3.17. The standard InChI is InChI=1S/C35H49N9O13/c1-20(38-33(52)26(43-44(56)57)16-22-10-12-23(47)13-11-22)30(49)42-27(18-45)31(50)37-17-29(48)39-28(19-46)34(53)41-25(15-21-7-3-2-4-8-21)32(51)40-24(35(54)55)9-5-6-14-36/h2-4,7-8,10-13,20,24-28,43,45-47H,5-6,9,14-19,36H2,1H3,(H,37,50)(H,38,52)(H,39,48)(H,40,51)(H,41,53)(H,42,49)(H,54,55)/t20-,24-,25-,26-,27-,28-/m0/s1. The fourth-order valence-electron chi connectivity index (χ4n) is 5.15. The summed E-state index contributed by atoms with van der Waals surface area (Å²) in [6.07, 6.45) is 0.736. The minimum Gasteiger partial charge on any atom is -0.508 e. The normalized spacial score (nSPS) is 13.9. The molecule has 0 aliphatic heterocycles. The topological polar surface area (TPSA) is 354 Å². The molecule has 22 nitrogen and oxygen atoms in total. The van der Waals surface area contributed by atoms with E-state index in [9.17, 15) is 64.1 Å². The number of carbonyl (C=O) groups is 7. The average molecular weight is 804 g/mol. The number of unbranched alkanes of at least 4 members (excludes halogenated alkanes) is 1. The number of phenols is 1. The van der Waals surface area contributed by atoms with Gasteiger partial charge in [0.15, 0.2) is 11.1 Å². The van der Waals surface area contributed by atoms with Gasteiger partial charge in [-0.05, 0) is 56.0 Å². The lowest BCUT2D eigenvalue weighted by Gasteiger charge is -2.24. The van der Waals surface area contributed by atoms with E-state index in [0.29, 0.717) is 30.5 Å². The van der Waals surface area contributed by atoms with E-state index in [2.05, 4.69) is 31.9 Å². The molecule has 2 aromatic rings. The number of rotatable bonds is 25. The lowest BCUT2D eigenvalue weighted by molar-refractivity contribution is -0.548. The Hall–Kier alpha value is -6.39. The third-order valence-electron chi connectivity index (χ3n) is 8.26. The molecule has 0 bridgehead atoms. The van der Waals surface area contributed by atoms with Gasteiger partial charge in [-0.3, -0.25) is 28.8 Å². The van der Waals surface area contributed by atoms with Crippen molar-refractivity contribution in [2.75, 3.05) is 26.3 Å². The van der Waals surface area contributed by atoms with Crippen LogP contribution >= 0.6 is 0 Å². The van der Waals surface area contributed by atoms with Crippen LogP contribution in [-0.2, 0) is 46.4 Å². The van der Waals surface area contributed by atoms with Crippen LogP contribution in [0, 0.1) is 10.1 Å². The van der Waals surface area contributed by atoms with Crippen molar-refractivity contribution in [1.82, 2.24) is 37.3 Å². The Bertz CT molecular complexity index is 1680. The van der Waals surface area contributed by atoms with Gasteiger partial charge >= 0.3 is 5.97 Å². The highest BCUT2D eigenvalue weighted by atomic mass is 16.7. The van der Waals surface area contributed by atoms with Gasteiger partial charge in [0.1, 0.15) is 36.0 Å². The van der Waals surface area contributed by atoms with Gasteiger partial charge in [0.25, 0.3) is 0 Å². The predicted molar refractivity (Wildman–Crippen MR) is 199 cm³/mol. The number of nitrogens with one attached hydrogen (secondary N) is 7. The third kappa shape index (κ3) is 16.9. The number of aromatic hydroxyl groups is 1. The number of amides is 6. The number of aliphatic hydroxyl groups excluding tert-OH is 2. The number of nitro groups is 1. The van der Waals surface area contributed by atoms with E-state index >= 15 is 0 Å². The highest BCUT2D eigenvalue weighted by Gasteiger charge is 2.31. The van der Waals surface area contributed by atoms with Crippen molar-refractivity contribution < 1.29 is 59.0 Å². The lowest BCUT2D eigenvalue weighted by Crippen LogP contribution is -2.59. The van der Waals surface area contributed by atoms with Crippen molar-refractivity contribution >= 4 is 41.4 Å². The summed E-state index contributed by atoms with van der Waals surface area (Å²) in [5.74, 6) is -7.23. The first-order valence-electron chi connectivity index (χ1n) is 17.7.